The summed E-state index contributed by atoms with van der Waals surface area (Å²) in [5.74, 6) is 0.260. The summed E-state index contributed by atoms with van der Waals surface area (Å²) in [4.78, 5) is 27.6. The quantitative estimate of drug-likeness (QED) is 0.558. The first-order chi connectivity index (χ1) is 7.85. The molecule has 0 amide bonds. The molecule has 0 radical (unpaired) electrons. The molecule has 0 aromatic heterocycles. The van der Waals surface area contributed by atoms with Crippen molar-refractivity contribution in [2.75, 3.05) is 0 Å². The molecule has 0 aromatic carbocycles. The topological polar surface area (TPSA) is 69.9 Å². The monoisotopic (exact) mass is 264 g/mol. The number of hydrogen-bond acceptors (Lipinski definition) is 4. The third-order valence-electron chi connectivity index (χ3n) is 3.68. The summed E-state index contributed by atoms with van der Waals surface area (Å²) in [7, 11) is -4.45. The lowest BCUT2D eigenvalue weighted by atomic mass is 9.78. The minimum atomic E-state index is -4.45. The van der Waals surface area contributed by atoms with Crippen molar-refractivity contribution in [1.82, 2.24) is 0 Å². The van der Waals surface area contributed by atoms with Gasteiger partial charge in [-0.1, -0.05) is 47.0 Å². The molecular formula is C12H28O4Si. The molecule has 1 unspecified atom stereocenters. The largest absolute Gasteiger partial charge is 0.671 e. The summed E-state index contributed by atoms with van der Waals surface area (Å²) in [6, 6.07) is 0. The fourth-order valence-corrected chi connectivity index (χ4v) is 3.62. The van der Waals surface area contributed by atoms with Crippen molar-refractivity contribution in [2.24, 2.45) is 5.92 Å². The van der Waals surface area contributed by atoms with Gasteiger partial charge in [-0.15, -0.1) is 0 Å². The van der Waals surface area contributed by atoms with E-state index in [1.165, 1.54) is 0 Å². The van der Waals surface area contributed by atoms with Gasteiger partial charge in [-0.05, 0) is 25.2 Å². The summed E-state index contributed by atoms with van der Waals surface area (Å²) in [5, 5.41) is 0. The fraction of sp³-hybridized carbons (Fsp3) is 1.00. The Bertz CT molecular complexity index is 199. The number of rotatable bonds is 9. The SMILES string of the molecule is CCCCC(CC)C(CC)(CC)O[Si](O)(O)O. The van der Waals surface area contributed by atoms with Gasteiger partial charge in [0.1, 0.15) is 0 Å². The van der Waals surface area contributed by atoms with Crippen LogP contribution in [0.25, 0.3) is 0 Å². The van der Waals surface area contributed by atoms with Crippen molar-refractivity contribution >= 4 is 9.05 Å². The molecule has 5 heteroatoms. The maximum atomic E-state index is 9.21. The second-order valence-corrected chi connectivity index (χ2v) is 6.05. The lowest BCUT2D eigenvalue weighted by Gasteiger charge is -2.41. The molecule has 0 saturated carbocycles. The molecular weight excluding hydrogens is 236 g/mol. The number of hydrogen-bond donors (Lipinski definition) is 3. The summed E-state index contributed by atoms with van der Waals surface area (Å²) in [6.45, 7) is 8.16. The van der Waals surface area contributed by atoms with Crippen molar-refractivity contribution in [1.29, 1.82) is 0 Å². The fourth-order valence-electron chi connectivity index (χ4n) is 2.62. The molecule has 3 N–H and O–H groups in total. The van der Waals surface area contributed by atoms with Gasteiger partial charge >= 0.3 is 9.05 Å². The highest BCUT2D eigenvalue weighted by molar-refractivity contribution is 6.48. The highest BCUT2D eigenvalue weighted by atomic mass is 28.4. The van der Waals surface area contributed by atoms with Crippen molar-refractivity contribution in [3.8, 4) is 0 Å². The molecule has 0 aliphatic rings. The first kappa shape index (κ1) is 17.1. The van der Waals surface area contributed by atoms with E-state index < -0.39 is 14.6 Å². The van der Waals surface area contributed by atoms with E-state index in [9.17, 15) is 14.4 Å². The molecule has 0 saturated heterocycles. The van der Waals surface area contributed by atoms with Crippen LogP contribution in [-0.2, 0) is 4.43 Å². The molecule has 0 rings (SSSR count). The van der Waals surface area contributed by atoms with Crippen LogP contribution in [0.5, 0.6) is 0 Å². The molecule has 0 aromatic rings. The second-order valence-electron chi connectivity index (χ2n) is 4.70. The Balaban J connectivity index is 4.86. The van der Waals surface area contributed by atoms with Crippen molar-refractivity contribution in [3.05, 3.63) is 0 Å². The maximum Gasteiger partial charge on any atom is 0.671 e. The molecule has 0 heterocycles. The van der Waals surface area contributed by atoms with Gasteiger partial charge in [0.05, 0.1) is 5.60 Å². The van der Waals surface area contributed by atoms with E-state index in [1.807, 2.05) is 13.8 Å². The third-order valence-corrected chi connectivity index (χ3v) is 4.36. The molecule has 0 aliphatic heterocycles. The maximum absolute atomic E-state index is 9.21. The Morgan fingerprint density at radius 3 is 1.88 bits per heavy atom. The van der Waals surface area contributed by atoms with Crippen LogP contribution in [-0.4, -0.2) is 29.0 Å². The van der Waals surface area contributed by atoms with Crippen LogP contribution in [0, 0.1) is 5.92 Å². The van der Waals surface area contributed by atoms with Gasteiger partial charge in [0.15, 0.2) is 0 Å². The first-order valence-electron chi connectivity index (χ1n) is 6.72. The smallest absolute Gasteiger partial charge is 0.368 e. The van der Waals surface area contributed by atoms with E-state index in [0.29, 0.717) is 12.8 Å². The molecule has 0 bridgehead atoms. The van der Waals surface area contributed by atoms with Gasteiger partial charge in [-0.25, -0.2) is 0 Å². The van der Waals surface area contributed by atoms with Crippen LogP contribution in [0.3, 0.4) is 0 Å². The Hall–Kier alpha value is 0.0569. The van der Waals surface area contributed by atoms with Crippen molar-refractivity contribution in [3.63, 3.8) is 0 Å². The van der Waals surface area contributed by atoms with E-state index in [2.05, 4.69) is 13.8 Å². The van der Waals surface area contributed by atoms with Crippen molar-refractivity contribution in [2.45, 2.75) is 71.8 Å². The molecule has 0 fully saturated rings. The van der Waals surface area contributed by atoms with Crippen LogP contribution >= 0.6 is 0 Å². The van der Waals surface area contributed by atoms with Crippen LogP contribution in [0.2, 0.25) is 0 Å². The summed E-state index contributed by atoms with van der Waals surface area (Å²) >= 11 is 0. The van der Waals surface area contributed by atoms with E-state index >= 15 is 0 Å². The summed E-state index contributed by atoms with van der Waals surface area (Å²) in [6.07, 6.45) is 5.50. The zero-order valence-electron chi connectivity index (χ0n) is 11.6. The Morgan fingerprint density at radius 1 is 1.06 bits per heavy atom. The van der Waals surface area contributed by atoms with Gasteiger partial charge in [-0.3, -0.25) is 0 Å². The predicted molar refractivity (Wildman–Crippen MR) is 70.1 cm³/mol. The highest BCUT2D eigenvalue weighted by Gasteiger charge is 2.45. The predicted octanol–water partition coefficient (Wildman–Crippen LogP) is 2.19. The van der Waals surface area contributed by atoms with Crippen LogP contribution < -0.4 is 0 Å². The molecule has 0 spiro atoms. The van der Waals surface area contributed by atoms with Gasteiger partial charge in [0.2, 0.25) is 0 Å². The lowest BCUT2D eigenvalue weighted by molar-refractivity contribution is -0.0849. The summed E-state index contributed by atoms with van der Waals surface area (Å²) < 4.78 is 5.28. The van der Waals surface area contributed by atoms with E-state index in [4.69, 9.17) is 4.43 Å². The van der Waals surface area contributed by atoms with Gasteiger partial charge in [0.25, 0.3) is 0 Å². The lowest BCUT2D eigenvalue weighted by Crippen LogP contribution is -2.52. The minimum Gasteiger partial charge on any atom is -0.368 e. The Kier molecular flexibility index (Phi) is 7.51. The zero-order chi connectivity index (χ0) is 13.5. The molecule has 1 atom stereocenters. The first-order valence-corrected chi connectivity index (χ1v) is 8.47. The van der Waals surface area contributed by atoms with Gasteiger partial charge in [-0.2, -0.15) is 0 Å². The molecule has 104 valence electrons. The van der Waals surface area contributed by atoms with E-state index in [1.54, 1.807) is 0 Å². The Labute approximate surface area is 106 Å². The van der Waals surface area contributed by atoms with E-state index in [0.717, 1.165) is 25.7 Å². The average molecular weight is 264 g/mol. The third kappa shape index (κ3) is 5.48. The highest BCUT2D eigenvalue weighted by Crippen LogP contribution is 2.36. The van der Waals surface area contributed by atoms with Crippen LogP contribution in [0.4, 0.5) is 0 Å². The van der Waals surface area contributed by atoms with Gasteiger partial charge < -0.3 is 18.8 Å². The molecule has 4 nitrogen and oxygen atoms in total. The van der Waals surface area contributed by atoms with Crippen LogP contribution in [0.15, 0.2) is 0 Å². The minimum absolute atomic E-state index is 0.260. The standard InChI is InChI=1S/C12H28O4Si/c1-5-9-10-11(6-2)12(7-3,8-4)16-17(13,14)15/h11,13-15H,5-10H2,1-4H3. The van der Waals surface area contributed by atoms with Crippen molar-refractivity contribution < 1.29 is 18.8 Å². The normalized spacial score (nSPS) is 15.0. The van der Waals surface area contributed by atoms with Crippen LogP contribution in [0.1, 0.15) is 66.2 Å². The number of unbranched alkanes of at least 4 members (excludes halogenated alkanes) is 1. The second kappa shape index (κ2) is 7.48. The molecule has 0 aliphatic carbocycles. The zero-order valence-corrected chi connectivity index (χ0v) is 12.6. The van der Waals surface area contributed by atoms with Gasteiger partial charge in [0, 0.05) is 0 Å². The molecule has 17 heavy (non-hydrogen) atoms. The van der Waals surface area contributed by atoms with E-state index in [-0.39, 0.29) is 5.92 Å². The Morgan fingerprint density at radius 2 is 1.59 bits per heavy atom. The average Bonchev–Trinajstić information content (AvgIpc) is 2.26. The summed E-state index contributed by atoms with van der Waals surface area (Å²) in [5.41, 5.74) is -0.603.